The minimum absolute atomic E-state index is 0.107. The number of halogens is 3. The lowest BCUT2D eigenvalue weighted by molar-refractivity contribution is -0.274. The first kappa shape index (κ1) is 29.2. The summed E-state index contributed by atoms with van der Waals surface area (Å²) >= 11 is 1.23. The number of thioether (sulfide) groups is 1. The average molecular weight is 623 g/mol. The zero-order valence-corrected chi connectivity index (χ0v) is 23.9. The van der Waals surface area contributed by atoms with Gasteiger partial charge >= 0.3 is 12.4 Å². The summed E-state index contributed by atoms with van der Waals surface area (Å²) in [5.74, 6) is 0.647. The van der Waals surface area contributed by atoms with Crippen LogP contribution in [0.25, 0.3) is 17.1 Å². The largest absolute Gasteiger partial charge is 0.573 e. The number of carbonyl (C=O) groups excluding carboxylic acids is 2. The molecule has 3 aromatic carbocycles. The van der Waals surface area contributed by atoms with Crippen LogP contribution in [0.5, 0.6) is 11.5 Å². The van der Waals surface area contributed by atoms with Crippen LogP contribution in [-0.4, -0.2) is 50.7 Å². The highest BCUT2D eigenvalue weighted by atomic mass is 32.2. The molecule has 10 nitrogen and oxygen atoms in total. The number of aromatic nitrogens is 3. The van der Waals surface area contributed by atoms with Gasteiger partial charge in [0.1, 0.15) is 17.8 Å². The van der Waals surface area contributed by atoms with Crippen molar-refractivity contribution in [2.75, 3.05) is 17.4 Å². The van der Waals surface area contributed by atoms with Gasteiger partial charge in [-0.3, -0.25) is 9.69 Å². The van der Waals surface area contributed by atoms with Crippen LogP contribution in [0.3, 0.4) is 0 Å². The monoisotopic (exact) mass is 622 g/mol. The second kappa shape index (κ2) is 12.4. The summed E-state index contributed by atoms with van der Waals surface area (Å²) < 4.78 is 48.1. The third-order valence-corrected chi connectivity index (χ3v) is 7.90. The van der Waals surface area contributed by atoms with Gasteiger partial charge in [0.05, 0.1) is 17.1 Å². The van der Waals surface area contributed by atoms with Crippen molar-refractivity contribution in [2.45, 2.75) is 32.0 Å². The molecule has 4 aromatic rings. The number of nitrogens with zero attached hydrogens (tertiary/aromatic N) is 5. The van der Waals surface area contributed by atoms with Gasteiger partial charge in [-0.15, -0.1) is 18.3 Å². The lowest BCUT2D eigenvalue weighted by Crippen LogP contribution is -2.33. The lowest BCUT2D eigenvalue weighted by atomic mass is 9.90. The van der Waals surface area contributed by atoms with Crippen molar-refractivity contribution in [2.24, 2.45) is 4.99 Å². The van der Waals surface area contributed by atoms with Crippen molar-refractivity contribution in [1.29, 1.82) is 0 Å². The Hall–Kier alpha value is -4.85. The summed E-state index contributed by atoms with van der Waals surface area (Å²) in [6.45, 7) is -0.144. The minimum atomic E-state index is -4.77. The first-order chi connectivity index (χ1) is 21.2. The number of alkyl halides is 3. The predicted octanol–water partition coefficient (Wildman–Crippen LogP) is 5.89. The third-order valence-electron chi connectivity index (χ3n) is 6.98. The van der Waals surface area contributed by atoms with Crippen LogP contribution in [-0.2, 0) is 17.6 Å². The molecule has 0 spiro atoms. The fraction of sp³-hybridized carbons (Fsp3) is 0.233. The molecule has 3 amide bonds. The number of anilines is 1. The maximum atomic E-state index is 12.7. The van der Waals surface area contributed by atoms with E-state index in [0.29, 0.717) is 28.0 Å². The van der Waals surface area contributed by atoms with E-state index in [1.807, 2.05) is 12.1 Å². The van der Waals surface area contributed by atoms with E-state index in [9.17, 15) is 22.8 Å². The molecule has 0 radical (unpaired) electrons. The topological polar surface area (TPSA) is 111 Å². The van der Waals surface area contributed by atoms with Crippen LogP contribution in [0.15, 0.2) is 78.0 Å². The van der Waals surface area contributed by atoms with Crippen molar-refractivity contribution in [3.8, 4) is 28.6 Å². The molecule has 0 saturated carbocycles. The number of ether oxygens (including phenoxy) is 2. The number of aryl methyl sites for hydroxylation is 1. The molecule has 1 aromatic heterocycles. The molecule has 2 heterocycles. The van der Waals surface area contributed by atoms with Crippen LogP contribution >= 0.6 is 11.8 Å². The molecule has 6 rings (SSSR count). The Bertz CT molecular complexity index is 1710. The van der Waals surface area contributed by atoms with Crippen molar-refractivity contribution < 1.29 is 32.2 Å². The van der Waals surface area contributed by atoms with Gasteiger partial charge in [0, 0.05) is 5.56 Å². The Balaban J connectivity index is 1.04. The first-order valence-corrected chi connectivity index (χ1v) is 14.7. The number of fused-ring (bicyclic) bond motifs is 1. The maximum Gasteiger partial charge on any atom is 0.573 e. The standard InChI is InChI=1S/C30H25F3N6O4S/c31-30(32,33)43-23-14-10-21(11-15-23)38-17-34-27(37-38)20-8-12-22(13-9-20)42-18-35-28(41)36-29-39(26(40)16-44-29)25-7-3-5-19-4-1-2-6-24(19)25/h3,5,7-15,17H,1-2,4,6,16,18H2,(H,35,41)/b36-29-. The molecular formula is C30H25F3N6O4S. The minimum Gasteiger partial charge on any atom is -0.473 e. The fourth-order valence-corrected chi connectivity index (χ4v) is 5.84. The van der Waals surface area contributed by atoms with E-state index in [-0.39, 0.29) is 24.1 Å². The molecule has 0 unspecified atom stereocenters. The molecule has 2 aliphatic rings. The van der Waals surface area contributed by atoms with Gasteiger partial charge in [-0.2, -0.15) is 4.99 Å². The SMILES string of the molecule is O=C(/N=C1\SCC(=O)N1c1cccc2c1CCCC2)NCOc1ccc(-c2ncn(-c3ccc(OC(F)(F)F)cc3)n2)cc1. The summed E-state index contributed by atoms with van der Waals surface area (Å²) in [7, 11) is 0. The van der Waals surface area contributed by atoms with E-state index in [2.05, 4.69) is 31.2 Å². The van der Waals surface area contributed by atoms with Crippen LogP contribution < -0.4 is 19.7 Å². The molecular weight excluding hydrogens is 597 g/mol. The Labute approximate surface area is 253 Å². The maximum absolute atomic E-state index is 12.7. The van der Waals surface area contributed by atoms with Gasteiger partial charge in [0.2, 0.25) is 5.91 Å². The van der Waals surface area contributed by atoms with Crippen molar-refractivity contribution in [3.05, 3.63) is 84.2 Å². The highest BCUT2D eigenvalue weighted by Crippen LogP contribution is 2.35. The molecule has 1 aliphatic heterocycles. The van der Waals surface area contributed by atoms with Gasteiger partial charge < -0.3 is 14.8 Å². The van der Waals surface area contributed by atoms with Crippen LogP contribution in [0.2, 0.25) is 0 Å². The van der Waals surface area contributed by atoms with E-state index in [1.54, 1.807) is 29.2 Å². The van der Waals surface area contributed by atoms with Gasteiger partial charge in [0.25, 0.3) is 0 Å². The third kappa shape index (κ3) is 6.70. The van der Waals surface area contributed by atoms with Gasteiger partial charge in [-0.1, -0.05) is 23.9 Å². The molecule has 1 N–H and O–H groups in total. The summed E-state index contributed by atoms with van der Waals surface area (Å²) in [5.41, 5.74) is 4.36. The normalized spacial score (nSPS) is 15.8. The number of amides is 3. The zero-order valence-electron chi connectivity index (χ0n) is 23.1. The van der Waals surface area contributed by atoms with Crippen molar-refractivity contribution in [3.63, 3.8) is 0 Å². The van der Waals surface area contributed by atoms with Gasteiger partial charge in [0.15, 0.2) is 17.7 Å². The fourth-order valence-electron chi connectivity index (χ4n) is 4.98. The Morgan fingerprint density at radius 1 is 1.00 bits per heavy atom. The van der Waals surface area contributed by atoms with Crippen molar-refractivity contribution in [1.82, 2.24) is 20.1 Å². The zero-order chi connectivity index (χ0) is 30.7. The number of urea groups is 1. The molecule has 0 bridgehead atoms. The van der Waals surface area contributed by atoms with Crippen molar-refractivity contribution >= 4 is 34.6 Å². The molecule has 1 fully saturated rings. The van der Waals surface area contributed by atoms with E-state index >= 15 is 0 Å². The number of amidine groups is 1. The molecule has 1 saturated heterocycles. The second-order valence-corrected chi connectivity index (χ2v) is 10.8. The van der Waals surface area contributed by atoms with E-state index in [1.165, 1.54) is 52.6 Å². The van der Waals surface area contributed by atoms with Crippen LogP contribution in [0.1, 0.15) is 24.0 Å². The van der Waals surface area contributed by atoms with E-state index in [0.717, 1.165) is 36.9 Å². The number of carbonyl (C=O) groups is 2. The summed E-state index contributed by atoms with van der Waals surface area (Å²) in [6.07, 6.45) is 0.731. The number of benzene rings is 3. The molecule has 0 atom stereocenters. The highest BCUT2D eigenvalue weighted by molar-refractivity contribution is 8.15. The van der Waals surface area contributed by atoms with E-state index in [4.69, 9.17) is 4.74 Å². The first-order valence-electron chi connectivity index (χ1n) is 13.7. The number of hydrogen-bond donors (Lipinski definition) is 1. The summed E-state index contributed by atoms with van der Waals surface area (Å²) in [6, 6.07) is 17.4. The Morgan fingerprint density at radius 2 is 1.75 bits per heavy atom. The lowest BCUT2D eigenvalue weighted by Gasteiger charge is -2.24. The smallest absolute Gasteiger partial charge is 0.473 e. The number of aliphatic imine (C=N–C) groups is 1. The predicted molar refractivity (Wildman–Crippen MR) is 158 cm³/mol. The molecule has 1 aliphatic carbocycles. The Morgan fingerprint density at radius 3 is 2.52 bits per heavy atom. The second-order valence-electron chi connectivity index (χ2n) is 9.88. The quantitative estimate of drug-likeness (QED) is 0.256. The molecule has 44 heavy (non-hydrogen) atoms. The van der Waals surface area contributed by atoms with Gasteiger partial charge in [-0.05, 0) is 91.4 Å². The number of hydrogen-bond acceptors (Lipinski definition) is 7. The van der Waals surface area contributed by atoms with Gasteiger partial charge in [-0.25, -0.2) is 14.5 Å². The summed E-state index contributed by atoms with van der Waals surface area (Å²) in [5, 5.41) is 7.31. The van der Waals surface area contributed by atoms with Crippen LogP contribution in [0.4, 0.5) is 23.7 Å². The molecule has 226 valence electrons. The Kier molecular flexibility index (Phi) is 8.24. The van der Waals surface area contributed by atoms with Crippen LogP contribution in [0, 0.1) is 0 Å². The number of nitrogens with one attached hydrogen (secondary N) is 1. The molecule has 14 heteroatoms. The highest BCUT2D eigenvalue weighted by Gasteiger charge is 2.33. The van der Waals surface area contributed by atoms with E-state index < -0.39 is 12.4 Å². The average Bonchev–Trinajstić information content (AvgIpc) is 3.64. The number of rotatable bonds is 7. The summed E-state index contributed by atoms with van der Waals surface area (Å²) in [4.78, 5) is 35.3.